The number of fused-ring (bicyclic) bond motifs is 1. The van der Waals surface area contributed by atoms with Gasteiger partial charge in [0.15, 0.2) is 0 Å². The number of furan rings is 1. The molecule has 0 aliphatic rings. The van der Waals surface area contributed by atoms with Crippen molar-refractivity contribution in [1.82, 2.24) is 0 Å². The fourth-order valence-electron chi connectivity index (χ4n) is 2.61. The first kappa shape index (κ1) is 14.2. The molecule has 3 rings (SSSR count). The Morgan fingerprint density at radius 1 is 1.00 bits per heavy atom. The van der Waals surface area contributed by atoms with Crippen LogP contribution < -0.4 is 0 Å². The topological polar surface area (TPSA) is 13.1 Å². The molecule has 0 aliphatic carbocycles. The van der Waals surface area contributed by atoms with Gasteiger partial charge in [-0.25, -0.2) is 4.39 Å². The van der Waals surface area contributed by atoms with Crippen LogP contribution in [0.2, 0.25) is 0 Å². The molecule has 108 valence electrons. The van der Waals surface area contributed by atoms with Gasteiger partial charge in [-0.05, 0) is 62.6 Å². The molecule has 0 aliphatic heterocycles. The molecular formula is C18H17FOS. The third-order valence-electron chi connectivity index (χ3n) is 3.80. The second-order valence-corrected chi connectivity index (χ2v) is 6.47. The molecule has 0 bridgehead atoms. The minimum atomic E-state index is -0.214. The second kappa shape index (κ2) is 5.23. The van der Waals surface area contributed by atoms with E-state index >= 15 is 0 Å². The molecule has 0 radical (unpaired) electrons. The second-order valence-electron chi connectivity index (χ2n) is 5.39. The van der Waals surface area contributed by atoms with E-state index < -0.39 is 0 Å². The van der Waals surface area contributed by atoms with Crippen LogP contribution in [0.3, 0.4) is 0 Å². The van der Waals surface area contributed by atoms with E-state index in [9.17, 15) is 4.39 Å². The highest BCUT2D eigenvalue weighted by atomic mass is 32.2. The fraction of sp³-hybridized carbons (Fsp3) is 0.222. The largest absolute Gasteiger partial charge is 0.460 e. The van der Waals surface area contributed by atoms with Crippen LogP contribution >= 0.6 is 11.8 Å². The lowest BCUT2D eigenvalue weighted by Gasteiger charge is -2.06. The van der Waals surface area contributed by atoms with Crippen LogP contribution in [-0.2, 0) is 0 Å². The summed E-state index contributed by atoms with van der Waals surface area (Å²) in [5.74, 6) is 0.672. The molecule has 0 fully saturated rings. The number of rotatable bonds is 2. The van der Waals surface area contributed by atoms with Crippen molar-refractivity contribution in [3.63, 3.8) is 0 Å². The first-order valence-corrected chi connectivity index (χ1v) is 7.72. The summed E-state index contributed by atoms with van der Waals surface area (Å²) >= 11 is 1.56. The van der Waals surface area contributed by atoms with Gasteiger partial charge in [0.1, 0.15) is 17.2 Å². The third kappa shape index (κ3) is 2.46. The van der Waals surface area contributed by atoms with Crippen LogP contribution in [-0.4, -0.2) is 0 Å². The maximum absolute atomic E-state index is 13.4. The molecule has 3 aromatic rings. The molecule has 3 heteroatoms. The average molecular weight is 300 g/mol. The summed E-state index contributed by atoms with van der Waals surface area (Å²) in [6.07, 6.45) is 0. The molecule has 1 nitrogen and oxygen atoms in total. The first-order valence-electron chi connectivity index (χ1n) is 6.90. The summed E-state index contributed by atoms with van der Waals surface area (Å²) in [4.78, 5) is 1.97. The van der Waals surface area contributed by atoms with E-state index in [1.165, 1.54) is 22.8 Å². The number of hydrogen-bond acceptors (Lipinski definition) is 2. The highest BCUT2D eigenvalue weighted by molar-refractivity contribution is 7.99. The fourth-order valence-corrected chi connectivity index (χ4v) is 3.70. The Morgan fingerprint density at radius 2 is 1.76 bits per heavy atom. The monoisotopic (exact) mass is 300 g/mol. The molecule has 2 aromatic carbocycles. The lowest BCUT2D eigenvalue weighted by molar-refractivity contribution is 0.566. The van der Waals surface area contributed by atoms with E-state index in [0.717, 1.165) is 26.5 Å². The summed E-state index contributed by atoms with van der Waals surface area (Å²) in [6.45, 7) is 8.24. The van der Waals surface area contributed by atoms with E-state index in [0.29, 0.717) is 0 Å². The number of halogens is 1. The van der Waals surface area contributed by atoms with Crippen molar-refractivity contribution in [2.45, 2.75) is 37.5 Å². The summed E-state index contributed by atoms with van der Waals surface area (Å²) in [5.41, 5.74) is 4.55. The van der Waals surface area contributed by atoms with Gasteiger partial charge in [0, 0.05) is 10.3 Å². The van der Waals surface area contributed by atoms with Gasteiger partial charge in [-0.1, -0.05) is 23.9 Å². The van der Waals surface area contributed by atoms with Gasteiger partial charge in [0.05, 0.1) is 4.90 Å². The molecule has 0 saturated carbocycles. The molecule has 0 spiro atoms. The van der Waals surface area contributed by atoms with Gasteiger partial charge in [-0.3, -0.25) is 0 Å². The summed E-state index contributed by atoms with van der Waals surface area (Å²) < 4.78 is 19.3. The molecule has 1 aromatic heterocycles. The molecule has 0 amide bonds. The average Bonchev–Trinajstić information content (AvgIpc) is 2.74. The Hall–Kier alpha value is -1.74. The Bertz CT molecular complexity index is 833. The van der Waals surface area contributed by atoms with Crippen LogP contribution in [0.15, 0.2) is 44.5 Å². The summed E-state index contributed by atoms with van der Waals surface area (Å²) in [7, 11) is 0. The Balaban J connectivity index is 2.19. The first-order chi connectivity index (χ1) is 9.97. The van der Waals surface area contributed by atoms with Crippen LogP contribution in [0, 0.1) is 33.5 Å². The highest BCUT2D eigenvalue weighted by Crippen LogP contribution is 2.41. The van der Waals surface area contributed by atoms with Crippen LogP contribution in [0.25, 0.3) is 11.0 Å². The van der Waals surface area contributed by atoms with Gasteiger partial charge in [-0.2, -0.15) is 0 Å². The maximum atomic E-state index is 13.4. The summed E-state index contributed by atoms with van der Waals surface area (Å²) in [6, 6.07) is 8.85. The zero-order chi connectivity index (χ0) is 15.1. The van der Waals surface area contributed by atoms with E-state index in [1.807, 2.05) is 13.0 Å². The van der Waals surface area contributed by atoms with Gasteiger partial charge in [0.25, 0.3) is 0 Å². The lowest BCUT2D eigenvalue weighted by Crippen LogP contribution is -1.86. The van der Waals surface area contributed by atoms with E-state index in [2.05, 4.69) is 26.8 Å². The van der Waals surface area contributed by atoms with Gasteiger partial charge in [-0.15, -0.1) is 0 Å². The zero-order valence-electron chi connectivity index (χ0n) is 12.6. The van der Waals surface area contributed by atoms with Crippen molar-refractivity contribution in [3.8, 4) is 0 Å². The highest BCUT2D eigenvalue weighted by Gasteiger charge is 2.17. The van der Waals surface area contributed by atoms with Crippen molar-refractivity contribution in [1.29, 1.82) is 0 Å². The predicted molar refractivity (Wildman–Crippen MR) is 85.7 cm³/mol. The van der Waals surface area contributed by atoms with Crippen molar-refractivity contribution in [3.05, 3.63) is 58.6 Å². The van der Waals surface area contributed by atoms with Crippen molar-refractivity contribution >= 4 is 22.7 Å². The van der Waals surface area contributed by atoms with Crippen molar-refractivity contribution < 1.29 is 8.81 Å². The zero-order valence-corrected chi connectivity index (χ0v) is 13.4. The van der Waals surface area contributed by atoms with Crippen molar-refractivity contribution in [2.24, 2.45) is 0 Å². The minimum Gasteiger partial charge on any atom is -0.460 e. The third-order valence-corrected chi connectivity index (χ3v) is 4.99. The smallest absolute Gasteiger partial charge is 0.138 e. The van der Waals surface area contributed by atoms with E-state index in [-0.39, 0.29) is 5.82 Å². The quantitative estimate of drug-likeness (QED) is 0.579. The standard InChI is InChI=1S/C18H17FOS/c1-10-8-11(2)16-17(12(10)3)20-13(4)18(16)21-15-7-5-6-14(19)9-15/h5-9H,1-4H3. The number of benzene rings is 2. The van der Waals surface area contributed by atoms with Gasteiger partial charge < -0.3 is 4.42 Å². The van der Waals surface area contributed by atoms with Crippen LogP contribution in [0.1, 0.15) is 22.5 Å². The van der Waals surface area contributed by atoms with Crippen LogP contribution in [0.5, 0.6) is 0 Å². The SMILES string of the molecule is Cc1cc(C)c2c(Sc3cccc(F)c3)c(C)oc2c1C. The number of hydrogen-bond donors (Lipinski definition) is 0. The Kier molecular flexibility index (Phi) is 3.54. The van der Waals surface area contributed by atoms with Crippen LogP contribution in [0.4, 0.5) is 4.39 Å². The molecule has 1 heterocycles. The molecule has 0 saturated heterocycles. The molecular weight excluding hydrogens is 283 g/mol. The molecule has 0 atom stereocenters. The Morgan fingerprint density at radius 3 is 2.48 bits per heavy atom. The van der Waals surface area contributed by atoms with Gasteiger partial charge >= 0.3 is 0 Å². The predicted octanol–water partition coefficient (Wildman–Crippen LogP) is 5.96. The summed E-state index contributed by atoms with van der Waals surface area (Å²) in [5, 5.41) is 1.14. The molecule has 21 heavy (non-hydrogen) atoms. The van der Waals surface area contributed by atoms with Crippen molar-refractivity contribution in [2.75, 3.05) is 0 Å². The minimum absolute atomic E-state index is 0.214. The van der Waals surface area contributed by atoms with Gasteiger partial charge in [0.2, 0.25) is 0 Å². The lowest BCUT2D eigenvalue weighted by atomic mass is 10.0. The van der Waals surface area contributed by atoms with E-state index in [1.54, 1.807) is 23.9 Å². The number of aryl methyl sites for hydroxylation is 4. The normalized spacial score (nSPS) is 11.3. The Labute approximate surface area is 128 Å². The maximum Gasteiger partial charge on any atom is 0.138 e. The molecule has 0 N–H and O–H groups in total. The molecule has 0 unspecified atom stereocenters. The van der Waals surface area contributed by atoms with E-state index in [4.69, 9.17) is 4.42 Å².